The molecular formula is C19H22N4OS. The van der Waals surface area contributed by atoms with Crippen LogP contribution in [-0.4, -0.2) is 34.2 Å². The Bertz CT molecular complexity index is 825. The Labute approximate surface area is 151 Å². The summed E-state index contributed by atoms with van der Waals surface area (Å²) in [6.45, 7) is 3.70. The number of benzene rings is 1. The van der Waals surface area contributed by atoms with E-state index in [4.69, 9.17) is 0 Å². The van der Waals surface area contributed by atoms with E-state index in [0.29, 0.717) is 19.6 Å². The van der Waals surface area contributed by atoms with Gasteiger partial charge in [0.2, 0.25) is 5.91 Å². The molecule has 0 aliphatic rings. The molecule has 1 amide bonds. The van der Waals surface area contributed by atoms with Crippen LogP contribution in [0, 0.1) is 6.92 Å². The Morgan fingerprint density at radius 1 is 1.28 bits per heavy atom. The number of rotatable bonds is 7. The van der Waals surface area contributed by atoms with E-state index in [-0.39, 0.29) is 5.91 Å². The van der Waals surface area contributed by atoms with Gasteiger partial charge in [0.25, 0.3) is 0 Å². The minimum Gasteiger partial charge on any atom is -0.350 e. The monoisotopic (exact) mass is 354 g/mol. The van der Waals surface area contributed by atoms with Gasteiger partial charge < -0.3 is 5.32 Å². The van der Waals surface area contributed by atoms with Crippen molar-refractivity contribution in [1.82, 2.24) is 20.0 Å². The standard InChI is InChI=1S/C19H22N4OS/c1-15-8-9-25-18(15)11-20-19(24)14-22(2)12-16-10-21-23(13-16)17-6-4-3-5-7-17/h3-10,13H,11-12,14H2,1-2H3,(H,20,24). The summed E-state index contributed by atoms with van der Waals surface area (Å²) in [5.41, 5.74) is 3.33. The van der Waals surface area contributed by atoms with Crippen molar-refractivity contribution < 1.29 is 4.79 Å². The normalized spacial score (nSPS) is 11.0. The van der Waals surface area contributed by atoms with E-state index in [1.54, 1.807) is 11.3 Å². The summed E-state index contributed by atoms with van der Waals surface area (Å²) in [6.07, 6.45) is 3.84. The molecular weight excluding hydrogens is 332 g/mol. The van der Waals surface area contributed by atoms with Crippen molar-refractivity contribution in [3.05, 3.63) is 70.2 Å². The van der Waals surface area contributed by atoms with Crippen LogP contribution in [0.3, 0.4) is 0 Å². The Morgan fingerprint density at radius 2 is 2.08 bits per heavy atom. The second-order valence-electron chi connectivity index (χ2n) is 6.10. The molecule has 130 valence electrons. The fraction of sp³-hybridized carbons (Fsp3) is 0.263. The summed E-state index contributed by atoms with van der Waals surface area (Å²) in [5.74, 6) is 0.0331. The molecule has 0 unspecified atom stereocenters. The highest BCUT2D eigenvalue weighted by Gasteiger charge is 2.09. The summed E-state index contributed by atoms with van der Waals surface area (Å²) in [4.78, 5) is 15.3. The number of likely N-dealkylation sites (N-methyl/N-ethyl adjacent to an activating group) is 1. The van der Waals surface area contributed by atoms with Gasteiger partial charge in [-0.05, 0) is 43.1 Å². The van der Waals surface area contributed by atoms with E-state index in [1.807, 2.05) is 64.7 Å². The molecule has 25 heavy (non-hydrogen) atoms. The van der Waals surface area contributed by atoms with Gasteiger partial charge in [0.05, 0.1) is 25.0 Å². The number of carbonyl (C=O) groups excluding carboxylic acids is 1. The van der Waals surface area contributed by atoms with Crippen LogP contribution < -0.4 is 5.32 Å². The minimum atomic E-state index is 0.0331. The molecule has 1 N–H and O–H groups in total. The van der Waals surface area contributed by atoms with Gasteiger partial charge in [0.1, 0.15) is 0 Å². The lowest BCUT2D eigenvalue weighted by atomic mass is 10.3. The molecule has 3 rings (SSSR count). The fourth-order valence-electron chi connectivity index (χ4n) is 2.60. The minimum absolute atomic E-state index is 0.0331. The van der Waals surface area contributed by atoms with Crippen LogP contribution in [0.1, 0.15) is 16.0 Å². The number of thiophene rings is 1. The quantitative estimate of drug-likeness (QED) is 0.710. The molecule has 3 aromatic rings. The van der Waals surface area contributed by atoms with Gasteiger partial charge in [0.15, 0.2) is 0 Å². The molecule has 0 spiro atoms. The molecule has 5 nitrogen and oxygen atoms in total. The number of hydrogen-bond donors (Lipinski definition) is 1. The van der Waals surface area contributed by atoms with Crippen LogP contribution in [-0.2, 0) is 17.9 Å². The summed E-state index contributed by atoms with van der Waals surface area (Å²) in [5, 5.41) is 9.42. The van der Waals surface area contributed by atoms with Gasteiger partial charge in [0, 0.05) is 23.2 Å². The molecule has 6 heteroatoms. The van der Waals surface area contributed by atoms with E-state index in [1.165, 1.54) is 10.4 Å². The molecule has 0 bridgehead atoms. The molecule has 0 atom stereocenters. The van der Waals surface area contributed by atoms with Crippen LogP contribution in [0.4, 0.5) is 0 Å². The SMILES string of the molecule is Cc1ccsc1CNC(=O)CN(C)Cc1cnn(-c2ccccc2)c1. The zero-order valence-electron chi connectivity index (χ0n) is 14.5. The fourth-order valence-corrected chi connectivity index (χ4v) is 3.44. The number of aryl methyl sites for hydroxylation is 1. The van der Waals surface area contributed by atoms with E-state index >= 15 is 0 Å². The maximum atomic E-state index is 12.1. The van der Waals surface area contributed by atoms with Crippen molar-refractivity contribution in [1.29, 1.82) is 0 Å². The summed E-state index contributed by atoms with van der Waals surface area (Å²) < 4.78 is 1.85. The first-order valence-electron chi connectivity index (χ1n) is 8.19. The second kappa shape index (κ2) is 8.09. The predicted molar refractivity (Wildman–Crippen MR) is 101 cm³/mol. The van der Waals surface area contributed by atoms with Gasteiger partial charge >= 0.3 is 0 Å². The maximum Gasteiger partial charge on any atom is 0.234 e. The third-order valence-electron chi connectivity index (χ3n) is 3.94. The van der Waals surface area contributed by atoms with Crippen molar-refractivity contribution in [2.45, 2.75) is 20.0 Å². The van der Waals surface area contributed by atoms with E-state index in [0.717, 1.165) is 11.3 Å². The first kappa shape index (κ1) is 17.4. The van der Waals surface area contributed by atoms with Crippen LogP contribution in [0.25, 0.3) is 5.69 Å². The van der Waals surface area contributed by atoms with Gasteiger partial charge in [-0.2, -0.15) is 5.10 Å². The molecule has 0 saturated carbocycles. The van der Waals surface area contributed by atoms with Crippen molar-refractivity contribution in [3.8, 4) is 5.69 Å². The zero-order chi connectivity index (χ0) is 17.6. The largest absolute Gasteiger partial charge is 0.350 e. The number of para-hydroxylation sites is 1. The molecule has 0 aliphatic carbocycles. The Hall–Kier alpha value is -2.44. The smallest absolute Gasteiger partial charge is 0.234 e. The molecule has 0 aliphatic heterocycles. The van der Waals surface area contributed by atoms with Crippen LogP contribution in [0.15, 0.2) is 54.2 Å². The number of carbonyl (C=O) groups is 1. The van der Waals surface area contributed by atoms with Crippen molar-refractivity contribution in [2.75, 3.05) is 13.6 Å². The third kappa shape index (κ3) is 4.78. The number of nitrogens with one attached hydrogen (secondary N) is 1. The number of amides is 1. The average molecular weight is 354 g/mol. The lowest BCUT2D eigenvalue weighted by Gasteiger charge is -2.15. The van der Waals surface area contributed by atoms with Crippen LogP contribution >= 0.6 is 11.3 Å². The Balaban J connectivity index is 1.49. The van der Waals surface area contributed by atoms with E-state index in [9.17, 15) is 4.79 Å². The Kier molecular flexibility index (Phi) is 5.63. The first-order valence-corrected chi connectivity index (χ1v) is 9.07. The van der Waals surface area contributed by atoms with E-state index < -0.39 is 0 Å². The number of aromatic nitrogens is 2. The van der Waals surface area contributed by atoms with Crippen molar-refractivity contribution in [3.63, 3.8) is 0 Å². The number of hydrogen-bond acceptors (Lipinski definition) is 4. The predicted octanol–water partition coefficient (Wildman–Crippen LogP) is 2.99. The topological polar surface area (TPSA) is 50.2 Å². The summed E-state index contributed by atoms with van der Waals surface area (Å²) in [6, 6.07) is 12.1. The average Bonchev–Trinajstić information content (AvgIpc) is 3.23. The highest BCUT2D eigenvalue weighted by molar-refractivity contribution is 7.10. The van der Waals surface area contributed by atoms with E-state index in [2.05, 4.69) is 23.4 Å². The third-order valence-corrected chi connectivity index (χ3v) is 4.96. The van der Waals surface area contributed by atoms with Crippen molar-refractivity contribution in [2.24, 2.45) is 0 Å². The molecule has 2 heterocycles. The van der Waals surface area contributed by atoms with Gasteiger partial charge in [-0.3, -0.25) is 9.69 Å². The van der Waals surface area contributed by atoms with Gasteiger partial charge in [-0.1, -0.05) is 18.2 Å². The van der Waals surface area contributed by atoms with Gasteiger partial charge in [-0.25, -0.2) is 4.68 Å². The lowest BCUT2D eigenvalue weighted by Crippen LogP contribution is -2.34. The van der Waals surface area contributed by atoms with Crippen molar-refractivity contribution >= 4 is 17.2 Å². The second-order valence-corrected chi connectivity index (χ2v) is 7.11. The maximum absolute atomic E-state index is 12.1. The molecule has 2 aromatic heterocycles. The Morgan fingerprint density at radius 3 is 2.80 bits per heavy atom. The summed E-state index contributed by atoms with van der Waals surface area (Å²) >= 11 is 1.67. The first-order chi connectivity index (χ1) is 12.1. The molecule has 0 radical (unpaired) electrons. The molecule has 1 aromatic carbocycles. The molecule has 0 saturated heterocycles. The van der Waals surface area contributed by atoms with Crippen LogP contribution in [0.5, 0.6) is 0 Å². The molecule has 0 fully saturated rings. The highest BCUT2D eigenvalue weighted by atomic mass is 32.1. The zero-order valence-corrected chi connectivity index (χ0v) is 15.3. The lowest BCUT2D eigenvalue weighted by molar-refractivity contribution is -0.122. The highest BCUT2D eigenvalue weighted by Crippen LogP contribution is 2.14. The van der Waals surface area contributed by atoms with Gasteiger partial charge in [-0.15, -0.1) is 11.3 Å². The number of nitrogens with zero attached hydrogens (tertiary/aromatic N) is 3. The van der Waals surface area contributed by atoms with Crippen LogP contribution in [0.2, 0.25) is 0 Å². The summed E-state index contributed by atoms with van der Waals surface area (Å²) in [7, 11) is 1.94.